The van der Waals surface area contributed by atoms with Crippen molar-refractivity contribution in [1.82, 2.24) is 9.55 Å². The molecule has 0 saturated carbocycles. The van der Waals surface area contributed by atoms with E-state index in [1.54, 1.807) is 23.0 Å². The van der Waals surface area contributed by atoms with Crippen molar-refractivity contribution in [1.29, 1.82) is 0 Å². The molecule has 0 unspecified atom stereocenters. The number of hydrogen-bond donors (Lipinski definition) is 1. The van der Waals surface area contributed by atoms with Crippen LogP contribution in [0.5, 0.6) is 5.75 Å². The number of nitrogens with zero attached hydrogens (tertiary/aromatic N) is 2. The highest BCUT2D eigenvalue weighted by Crippen LogP contribution is 2.34. The fourth-order valence-electron chi connectivity index (χ4n) is 3.78. The van der Waals surface area contributed by atoms with Crippen LogP contribution in [0, 0.1) is 0 Å². The molecule has 1 aromatic carbocycles. The maximum atomic E-state index is 13.1. The summed E-state index contributed by atoms with van der Waals surface area (Å²) in [5, 5.41) is 4.24. The van der Waals surface area contributed by atoms with Crippen LogP contribution in [0.25, 0.3) is 10.2 Å². The van der Waals surface area contributed by atoms with E-state index >= 15 is 0 Å². The minimum atomic E-state index is 0.105. The molecular weight excluding hydrogens is 358 g/mol. The quantitative estimate of drug-likeness (QED) is 0.698. The molecule has 3 aromatic rings. The third-order valence-corrected chi connectivity index (χ3v) is 6.43. The lowest BCUT2D eigenvalue weighted by Crippen LogP contribution is -2.25. The van der Waals surface area contributed by atoms with Crippen molar-refractivity contribution in [3.63, 3.8) is 0 Å². The maximum absolute atomic E-state index is 13.1. The van der Waals surface area contributed by atoms with E-state index in [4.69, 9.17) is 9.72 Å². The van der Waals surface area contributed by atoms with Crippen LogP contribution in [0.3, 0.4) is 0 Å². The van der Waals surface area contributed by atoms with Crippen LogP contribution in [0.4, 0.5) is 5.95 Å². The fourth-order valence-corrected chi connectivity index (χ4v) is 5.03. The van der Waals surface area contributed by atoms with Crippen LogP contribution >= 0.6 is 11.3 Å². The first-order valence-corrected chi connectivity index (χ1v) is 10.4. The second kappa shape index (κ2) is 7.72. The lowest BCUT2D eigenvalue weighted by Gasteiger charge is -2.13. The maximum Gasteiger partial charge on any atom is 0.263 e. The van der Waals surface area contributed by atoms with Gasteiger partial charge < -0.3 is 10.1 Å². The van der Waals surface area contributed by atoms with Crippen molar-refractivity contribution in [3.05, 3.63) is 50.6 Å². The zero-order valence-electron chi connectivity index (χ0n) is 15.9. The number of nitrogens with one attached hydrogen (secondary N) is 1. The minimum Gasteiger partial charge on any atom is -0.497 e. The monoisotopic (exact) mass is 383 g/mol. The second-order valence-corrected chi connectivity index (χ2v) is 7.98. The van der Waals surface area contributed by atoms with Crippen LogP contribution in [0.2, 0.25) is 0 Å². The number of benzene rings is 1. The smallest absolute Gasteiger partial charge is 0.263 e. The van der Waals surface area contributed by atoms with Gasteiger partial charge in [0.15, 0.2) is 0 Å². The van der Waals surface area contributed by atoms with E-state index in [0.717, 1.165) is 41.8 Å². The highest BCUT2D eigenvalue weighted by Gasteiger charge is 2.21. The molecule has 0 aliphatic heterocycles. The van der Waals surface area contributed by atoms with Crippen molar-refractivity contribution < 1.29 is 4.74 Å². The lowest BCUT2D eigenvalue weighted by atomic mass is 9.97. The van der Waals surface area contributed by atoms with Crippen molar-refractivity contribution in [3.8, 4) is 5.75 Å². The molecular formula is C21H25N3O2S. The third-order valence-electron chi connectivity index (χ3n) is 5.25. The molecule has 0 radical (unpaired) electrons. The zero-order chi connectivity index (χ0) is 18.8. The number of thiophene rings is 1. The Balaban J connectivity index is 1.58. The number of rotatable bonds is 6. The Bertz CT molecular complexity index is 1000. The van der Waals surface area contributed by atoms with Gasteiger partial charge in [-0.1, -0.05) is 12.1 Å². The highest BCUT2D eigenvalue weighted by atomic mass is 32.1. The number of aryl methyl sites for hydroxylation is 2. The second-order valence-electron chi connectivity index (χ2n) is 6.90. The molecule has 5 nitrogen and oxygen atoms in total. The Labute approximate surface area is 163 Å². The van der Waals surface area contributed by atoms with Gasteiger partial charge in [0.05, 0.1) is 12.5 Å². The van der Waals surface area contributed by atoms with E-state index in [0.29, 0.717) is 12.5 Å². The molecule has 0 amide bonds. The van der Waals surface area contributed by atoms with Crippen LogP contribution in [0.15, 0.2) is 29.1 Å². The molecule has 1 N–H and O–H groups in total. The van der Waals surface area contributed by atoms with E-state index in [1.165, 1.54) is 28.8 Å². The Kier molecular flexibility index (Phi) is 5.16. The molecule has 0 saturated heterocycles. The Morgan fingerprint density at radius 2 is 2.00 bits per heavy atom. The number of ether oxygens (including phenoxy) is 1. The van der Waals surface area contributed by atoms with E-state index in [9.17, 15) is 4.79 Å². The normalized spacial score (nSPS) is 13.6. The van der Waals surface area contributed by atoms with Gasteiger partial charge >= 0.3 is 0 Å². The Hall–Kier alpha value is -2.34. The first-order chi connectivity index (χ1) is 13.2. The lowest BCUT2D eigenvalue weighted by molar-refractivity contribution is 0.414. The summed E-state index contributed by atoms with van der Waals surface area (Å²) >= 11 is 1.70. The van der Waals surface area contributed by atoms with Gasteiger partial charge in [-0.3, -0.25) is 9.36 Å². The van der Waals surface area contributed by atoms with Gasteiger partial charge in [-0.15, -0.1) is 11.3 Å². The molecule has 0 spiro atoms. The topological polar surface area (TPSA) is 56.1 Å². The first-order valence-electron chi connectivity index (χ1n) is 9.63. The van der Waals surface area contributed by atoms with Gasteiger partial charge in [0.25, 0.3) is 5.56 Å². The minimum absolute atomic E-state index is 0.105. The van der Waals surface area contributed by atoms with Crippen molar-refractivity contribution in [2.75, 3.05) is 19.0 Å². The largest absolute Gasteiger partial charge is 0.497 e. The van der Waals surface area contributed by atoms with Gasteiger partial charge in [0.1, 0.15) is 10.6 Å². The molecule has 1 aliphatic rings. The number of anilines is 1. The molecule has 6 heteroatoms. The summed E-state index contributed by atoms with van der Waals surface area (Å²) in [6.07, 6.45) is 5.35. The van der Waals surface area contributed by atoms with Gasteiger partial charge in [0.2, 0.25) is 5.95 Å². The van der Waals surface area contributed by atoms with Gasteiger partial charge in [-0.05, 0) is 62.3 Å². The molecule has 0 atom stereocenters. The Morgan fingerprint density at radius 3 is 2.74 bits per heavy atom. The van der Waals surface area contributed by atoms with E-state index in [1.807, 2.05) is 19.1 Å². The van der Waals surface area contributed by atoms with E-state index < -0.39 is 0 Å². The summed E-state index contributed by atoms with van der Waals surface area (Å²) in [7, 11) is 1.67. The summed E-state index contributed by atoms with van der Waals surface area (Å²) < 4.78 is 6.98. The van der Waals surface area contributed by atoms with Crippen LogP contribution in [-0.2, 0) is 25.8 Å². The number of hydrogen-bond acceptors (Lipinski definition) is 5. The average molecular weight is 384 g/mol. The summed E-state index contributed by atoms with van der Waals surface area (Å²) in [5.41, 5.74) is 2.58. The highest BCUT2D eigenvalue weighted by molar-refractivity contribution is 7.18. The van der Waals surface area contributed by atoms with Gasteiger partial charge in [0, 0.05) is 18.0 Å². The fraction of sp³-hybridized carbons (Fsp3) is 0.429. The van der Waals surface area contributed by atoms with Crippen molar-refractivity contribution in [2.24, 2.45) is 0 Å². The summed E-state index contributed by atoms with van der Waals surface area (Å²) in [4.78, 5) is 20.2. The predicted octanol–water partition coefficient (Wildman–Crippen LogP) is 4.02. The van der Waals surface area contributed by atoms with Crippen molar-refractivity contribution in [2.45, 2.75) is 45.6 Å². The molecule has 2 aromatic heterocycles. The van der Waals surface area contributed by atoms with Crippen LogP contribution < -0.4 is 15.6 Å². The molecule has 4 rings (SSSR count). The number of aromatic nitrogens is 2. The van der Waals surface area contributed by atoms with Crippen molar-refractivity contribution >= 4 is 27.5 Å². The molecule has 1 aliphatic carbocycles. The Morgan fingerprint density at radius 1 is 1.22 bits per heavy atom. The zero-order valence-corrected chi connectivity index (χ0v) is 16.7. The van der Waals surface area contributed by atoms with Crippen LogP contribution in [0.1, 0.15) is 35.8 Å². The first kappa shape index (κ1) is 18.0. The number of fused-ring (bicyclic) bond motifs is 3. The van der Waals surface area contributed by atoms with E-state index in [2.05, 4.69) is 17.4 Å². The molecule has 142 valence electrons. The van der Waals surface area contributed by atoms with E-state index in [-0.39, 0.29) is 5.56 Å². The van der Waals surface area contributed by atoms with Gasteiger partial charge in [-0.25, -0.2) is 4.98 Å². The summed E-state index contributed by atoms with van der Waals surface area (Å²) in [6.45, 7) is 3.36. The predicted molar refractivity (Wildman–Crippen MR) is 111 cm³/mol. The average Bonchev–Trinajstić information content (AvgIpc) is 3.07. The van der Waals surface area contributed by atoms with Gasteiger partial charge in [-0.2, -0.15) is 0 Å². The molecule has 27 heavy (non-hydrogen) atoms. The SMILES string of the molecule is CCn1c(NCCc2ccc(OC)cc2)nc2sc3c(c2c1=O)CCCC3. The summed E-state index contributed by atoms with van der Waals surface area (Å²) in [6, 6.07) is 8.07. The summed E-state index contributed by atoms with van der Waals surface area (Å²) in [5.74, 6) is 1.54. The standard InChI is InChI=1S/C21H25N3O2S/c1-3-24-20(25)18-16-6-4-5-7-17(16)27-19(18)23-21(24)22-13-12-14-8-10-15(26-2)11-9-14/h8-11H,3-7,12-13H2,1-2H3,(H,22,23). The molecule has 0 bridgehead atoms. The number of methoxy groups -OCH3 is 1. The molecule has 2 heterocycles. The van der Waals surface area contributed by atoms with Crippen LogP contribution in [-0.4, -0.2) is 23.2 Å². The molecule has 0 fully saturated rings. The third kappa shape index (κ3) is 3.46.